The SMILES string of the molecule is CCCCN(C)c1ccc(NC(=O)CC(C)C)nc1. The van der Waals surface area contributed by atoms with Crippen molar-refractivity contribution in [2.45, 2.75) is 40.0 Å². The van der Waals surface area contributed by atoms with Gasteiger partial charge in [-0.1, -0.05) is 27.2 Å². The first-order chi connectivity index (χ1) is 9.02. The Morgan fingerprint density at radius 1 is 1.42 bits per heavy atom. The Balaban J connectivity index is 2.53. The van der Waals surface area contributed by atoms with E-state index in [2.05, 4.69) is 29.2 Å². The first kappa shape index (κ1) is 15.5. The molecule has 0 unspecified atom stereocenters. The average molecular weight is 263 g/mol. The van der Waals surface area contributed by atoms with Gasteiger partial charge < -0.3 is 10.2 Å². The summed E-state index contributed by atoms with van der Waals surface area (Å²) in [6.07, 6.45) is 4.69. The quantitative estimate of drug-likeness (QED) is 0.821. The van der Waals surface area contributed by atoms with Crippen LogP contribution in [0.3, 0.4) is 0 Å². The molecular weight excluding hydrogens is 238 g/mol. The lowest BCUT2D eigenvalue weighted by atomic mass is 10.1. The molecule has 1 heterocycles. The van der Waals surface area contributed by atoms with Crippen LogP contribution in [0.5, 0.6) is 0 Å². The molecule has 0 aliphatic carbocycles. The van der Waals surface area contributed by atoms with Crippen molar-refractivity contribution in [1.82, 2.24) is 4.98 Å². The monoisotopic (exact) mass is 263 g/mol. The van der Waals surface area contributed by atoms with E-state index >= 15 is 0 Å². The number of hydrogen-bond donors (Lipinski definition) is 1. The smallest absolute Gasteiger partial charge is 0.225 e. The summed E-state index contributed by atoms with van der Waals surface area (Å²) in [5.74, 6) is 1.01. The lowest BCUT2D eigenvalue weighted by molar-refractivity contribution is -0.116. The van der Waals surface area contributed by atoms with E-state index in [1.54, 1.807) is 6.20 Å². The van der Waals surface area contributed by atoms with Crippen molar-refractivity contribution in [2.24, 2.45) is 5.92 Å². The number of amides is 1. The Bertz CT molecular complexity index is 387. The molecule has 1 amide bonds. The second kappa shape index (κ2) is 7.77. The minimum atomic E-state index is 0.0228. The minimum absolute atomic E-state index is 0.0228. The fourth-order valence-electron chi connectivity index (χ4n) is 1.77. The molecule has 0 fully saturated rings. The fraction of sp³-hybridized carbons (Fsp3) is 0.600. The fourth-order valence-corrected chi connectivity index (χ4v) is 1.77. The third-order valence-electron chi connectivity index (χ3n) is 2.90. The first-order valence-corrected chi connectivity index (χ1v) is 7.00. The molecule has 0 bridgehead atoms. The van der Waals surface area contributed by atoms with E-state index in [0.717, 1.165) is 12.2 Å². The zero-order valence-electron chi connectivity index (χ0n) is 12.4. The summed E-state index contributed by atoms with van der Waals surface area (Å²) in [6.45, 7) is 7.26. The van der Waals surface area contributed by atoms with Crippen LogP contribution >= 0.6 is 0 Å². The molecule has 0 atom stereocenters. The van der Waals surface area contributed by atoms with E-state index in [4.69, 9.17) is 0 Å². The van der Waals surface area contributed by atoms with Crippen LogP contribution in [-0.2, 0) is 4.79 Å². The van der Waals surface area contributed by atoms with Crippen molar-refractivity contribution >= 4 is 17.4 Å². The molecule has 1 aromatic heterocycles. The van der Waals surface area contributed by atoms with Crippen LogP contribution in [0.1, 0.15) is 40.0 Å². The highest BCUT2D eigenvalue weighted by molar-refractivity contribution is 5.89. The lowest BCUT2D eigenvalue weighted by Crippen LogP contribution is -2.19. The maximum Gasteiger partial charge on any atom is 0.225 e. The molecule has 0 saturated heterocycles. The number of nitrogens with zero attached hydrogens (tertiary/aromatic N) is 2. The number of pyridine rings is 1. The van der Waals surface area contributed by atoms with E-state index in [1.807, 2.05) is 26.0 Å². The molecule has 0 aliphatic heterocycles. The molecule has 1 rings (SSSR count). The maximum atomic E-state index is 11.6. The number of carbonyl (C=O) groups excluding carboxylic acids is 1. The van der Waals surface area contributed by atoms with Gasteiger partial charge in [0.25, 0.3) is 0 Å². The van der Waals surface area contributed by atoms with Gasteiger partial charge in [0, 0.05) is 20.0 Å². The maximum absolute atomic E-state index is 11.6. The largest absolute Gasteiger partial charge is 0.373 e. The van der Waals surface area contributed by atoms with Gasteiger partial charge in [-0.05, 0) is 24.5 Å². The van der Waals surface area contributed by atoms with E-state index in [1.165, 1.54) is 12.8 Å². The minimum Gasteiger partial charge on any atom is -0.373 e. The summed E-state index contributed by atoms with van der Waals surface area (Å²) < 4.78 is 0. The molecule has 0 spiro atoms. The van der Waals surface area contributed by atoms with Crippen molar-refractivity contribution in [1.29, 1.82) is 0 Å². The number of anilines is 2. The molecular formula is C15H25N3O. The number of unbranched alkanes of at least 4 members (excludes halogenated alkanes) is 1. The summed E-state index contributed by atoms with van der Waals surface area (Å²) in [6, 6.07) is 3.85. The van der Waals surface area contributed by atoms with E-state index < -0.39 is 0 Å². The van der Waals surface area contributed by atoms with Gasteiger partial charge in [-0.25, -0.2) is 4.98 Å². The molecule has 4 heteroatoms. The van der Waals surface area contributed by atoms with Gasteiger partial charge in [0.1, 0.15) is 5.82 Å². The zero-order valence-corrected chi connectivity index (χ0v) is 12.4. The first-order valence-electron chi connectivity index (χ1n) is 7.00. The predicted octanol–water partition coefficient (Wildman–Crippen LogP) is 3.30. The summed E-state index contributed by atoms with van der Waals surface area (Å²) in [5, 5.41) is 2.81. The Kier molecular flexibility index (Phi) is 6.33. The Morgan fingerprint density at radius 3 is 2.68 bits per heavy atom. The normalized spacial score (nSPS) is 10.6. The molecule has 0 aliphatic rings. The lowest BCUT2D eigenvalue weighted by Gasteiger charge is -2.18. The van der Waals surface area contributed by atoms with E-state index in [0.29, 0.717) is 18.2 Å². The number of aromatic nitrogens is 1. The summed E-state index contributed by atoms with van der Waals surface area (Å²) >= 11 is 0. The van der Waals surface area contributed by atoms with Crippen molar-refractivity contribution in [3.05, 3.63) is 18.3 Å². The number of hydrogen-bond acceptors (Lipinski definition) is 3. The Hall–Kier alpha value is -1.58. The Labute approximate surface area is 116 Å². The highest BCUT2D eigenvalue weighted by Crippen LogP contribution is 2.14. The molecule has 0 saturated carbocycles. The summed E-state index contributed by atoms with van der Waals surface area (Å²) in [5.41, 5.74) is 1.08. The highest BCUT2D eigenvalue weighted by Gasteiger charge is 2.06. The third-order valence-corrected chi connectivity index (χ3v) is 2.90. The number of nitrogens with one attached hydrogen (secondary N) is 1. The van der Waals surface area contributed by atoms with Crippen molar-refractivity contribution in [3.63, 3.8) is 0 Å². The van der Waals surface area contributed by atoms with Gasteiger partial charge in [0.2, 0.25) is 5.91 Å². The molecule has 19 heavy (non-hydrogen) atoms. The van der Waals surface area contributed by atoms with Crippen LogP contribution in [0.25, 0.3) is 0 Å². The molecule has 1 N–H and O–H groups in total. The zero-order chi connectivity index (χ0) is 14.3. The van der Waals surface area contributed by atoms with Crippen LogP contribution in [-0.4, -0.2) is 24.5 Å². The highest BCUT2D eigenvalue weighted by atomic mass is 16.1. The van der Waals surface area contributed by atoms with Crippen LogP contribution in [0.4, 0.5) is 11.5 Å². The van der Waals surface area contributed by atoms with Crippen LogP contribution in [0, 0.1) is 5.92 Å². The van der Waals surface area contributed by atoms with Gasteiger partial charge in [-0.2, -0.15) is 0 Å². The van der Waals surface area contributed by atoms with Gasteiger partial charge in [0.15, 0.2) is 0 Å². The van der Waals surface area contributed by atoms with Crippen molar-refractivity contribution in [2.75, 3.05) is 23.8 Å². The number of carbonyl (C=O) groups is 1. The van der Waals surface area contributed by atoms with Crippen LogP contribution in [0.15, 0.2) is 18.3 Å². The van der Waals surface area contributed by atoms with Crippen LogP contribution in [0.2, 0.25) is 0 Å². The van der Waals surface area contributed by atoms with E-state index in [9.17, 15) is 4.79 Å². The summed E-state index contributed by atoms with van der Waals surface area (Å²) in [7, 11) is 2.06. The van der Waals surface area contributed by atoms with Gasteiger partial charge >= 0.3 is 0 Å². The molecule has 0 aromatic carbocycles. The van der Waals surface area contributed by atoms with Gasteiger partial charge in [-0.3, -0.25) is 4.79 Å². The molecule has 4 nitrogen and oxygen atoms in total. The van der Waals surface area contributed by atoms with Crippen molar-refractivity contribution < 1.29 is 4.79 Å². The van der Waals surface area contributed by atoms with Gasteiger partial charge in [0.05, 0.1) is 11.9 Å². The second-order valence-electron chi connectivity index (χ2n) is 5.32. The molecule has 0 radical (unpaired) electrons. The molecule has 1 aromatic rings. The van der Waals surface area contributed by atoms with Crippen LogP contribution < -0.4 is 10.2 Å². The summed E-state index contributed by atoms with van der Waals surface area (Å²) in [4.78, 5) is 18.1. The van der Waals surface area contributed by atoms with E-state index in [-0.39, 0.29) is 5.91 Å². The molecule has 106 valence electrons. The average Bonchev–Trinajstić information content (AvgIpc) is 2.35. The third kappa shape index (κ3) is 5.73. The predicted molar refractivity (Wildman–Crippen MR) is 80.5 cm³/mol. The topological polar surface area (TPSA) is 45.2 Å². The number of rotatable bonds is 7. The van der Waals surface area contributed by atoms with Gasteiger partial charge in [-0.15, -0.1) is 0 Å². The standard InChI is InChI=1S/C15H25N3O/c1-5-6-9-18(4)13-7-8-14(16-11-13)17-15(19)10-12(2)3/h7-8,11-12H,5-6,9-10H2,1-4H3,(H,16,17,19). The second-order valence-corrected chi connectivity index (χ2v) is 5.32. The van der Waals surface area contributed by atoms with Crippen molar-refractivity contribution in [3.8, 4) is 0 Å². The Morgan fingerprint density at radius 2 is 2.16 bits per heavy atom.